The highest BCUT2D eigenvalue weighted by molar-refractivity contribution is 6.01. The molecule has 11 heteroatoms. The van der Waals surface area contributed by atoms with Gasteiger partial charge in [0.2, 0.25) is 0 Å². The number of imidazole rings is 2. The lowest BCUT2D eigenvalue weighted by Gasteiger charge is -2.27. The van der Waals surface area contributed by atoms with Crippen molar-refractivity contribution < 1.29 is 9.53 Å². The maximum Gasteiger partial charge on any atom is 0.323 e. The van der Waals surface area contributed by atoms with E-state index in [0.717, 1.165) is 0 Å². The average molecular weight is 468 g/mol. The lowest BCUT2D eigenvalue weighted by Crippen LogP contribution is -2.37. The van der Waals surface area contributed by atoms with E-state index in [2.05, 4.69) is 30.1 Å². The minimum absolute atomic E-state index is 0.143. The first-order chi connectivity index (χ1) is 17.2. The molecule has 1 saturated heterocycles. The van der Waals surface area contributed by atoms with E-state index >= 15 is 0 Å². The molecule has 2 aromatic carbocycles. The number of nitrogens with one attached hydrogen (secondary N) is 2. The standard InChI is InChI=1S/C24H20N8O3/c33-23(30-29-16-4-2-1-3-5-16)19-20(15-6-7-17-18(14-15)27-24(34)26-17)32-9-8-25-21(22(32)28-19)31-10-12-35-13-11-31/h1-9,14H,10-13H2,(H2,26,27,34). The van der Waals surface area contributed by atoms with E-state index in [4.69, 9.17) is 9.72 Å². The van der Waals surface area contributed by atoms with Gasteiger partial charge >= 0.3 is 11.6 Å². The Morgan fingerprint density at radius 2 is 1.83 bits per heavy atom. The van der Waals surface area contributed by atoms with Crippen molar-refractivity contribution in [2.24, 2.45) is 10.2 Å². The molecular formula is C24H20N8O3. The van der Waals surface area contributed by atoms with Crippen LogP contribution in [-0.2, 0) is 4.74 Å². The van der Waals surface area contributed by atoms with E-state index in [1.807, 2.05) is 28.7 Å². The minimum atomic E-state index is -0.580. The molecule has 3 aromatic heterocycles. The zero-order valence-corrected chi connectivity index (χ0v) is 18.5. The van der Waals surface area contributed by atoms with Crippen molar-refractivity contribution in [1.82, 2.24) is 24.3 Å². The van der Waals surface area contributed by atoms with Crippen molar-refractivity contribution in [3.8, 4) is 11.3 Å². The van der Waals surface area contributed by atoms with Crippen LogP contribution in [0.15, 0.2) is 75.9 Å². The number of rotatable bonds is 4. The molecule has 0 unspecified atom stereocenters. The number of carbonyl (C=O) groups is 1. The highest BCUT2D eigenvalue weighted by atomic mass is 16.5. The van der Waals surface area contributed by atoms with Gasteiger partial charge in [-0.1, -0.05) is 24.3 Å². The van der Waals surface area contributed by atoms with E-state index in [0.29, 0.717) is 65.7 Å². The van der Waals surface area contributed by atoms with Crippen molar-refractivity contribution in [3.05, 3.63) is 77.1 Å². The number of morpholine rings is 1. The fourth-order valence-electron chi connectivity index (χ4n) is 4.21. The van der Waals surface area contributed by atoms with Crippen LogP contribution in [0, 0.1) is 0 Å². The monoisotopic (exact) mass is 468 g/mol. The Morgan fingerprint density at radius 1 is 1.03 bits per heavy atom. The van der Waals surface area contributed by atoms with Gasteiger partial charge in [-0.3, -0.25) is 9.20 Å². The number of fused-ring (bicyclic) bond motifs is 2. The van der Waals surface area contributed by atoms with Gasteiger partial charge in [-0.2, -0.15) is 0 Å². The Labute approximate surface area is 198 Å². The highest BCUT2D eigenvalue weighted by Gasteiger charge is 2.25. The van der Waals surface area contributed by atoms with Crippen molar-refractivity contribution in [1.29, 1.82) is 0 Å². The summed E-state index contributed by atoms with van der Waals surface area (Å²) in [5.74, 6) is 0.0790. The Balaban J connectivity index is 1.53. The van der Waals surface area contributed by atoms with Gasteiger partial charge in [-0.05, 0) is 24.3 Å². The maximum absolute atomic E-state index is 13.3. The Morgan fingerprint density at radius 3 is 2.66 bits per heavy atom. The molecule has 1 fully saturated rings. The van der Waals surface area contributed by atoms with Crippen LogP contribution in [-0.4, -0.2) is 56.5 Å². The number of hydrogen-bond acceptors (Lipinski definition) is 7. The Bertz CT molecular complexity index is 1630. The van der Waals surface area contributed by atoms with Gasteiger partial charge in [-0.15, -0.1) is 10.2 Å². The molecule has 6 rings (SSSR count). The fraction of sp³-hybridized carbons (Fsp3) is 0.167. The largest absolute Gasteiger partial charge is 0.378 e. The lowest BCUT2D eigenvalue weighted by atomic mass is 10.1. The van der Waals surface area contributed by atoms with Crippen LogP contribution in [0.1, 0.15) is 10.5 Å². The molecule has 5 aromatic rings. The molecule has 0 spiro atoms. The summed E-state index contributed by atoms with van der Waals surface area (Å²) in [6.45, 7) is 2.51. The Hall–Kier alpha value is -4.64. The predicted octanol–water partition coefficient (Wildman–Crippen LogP) is 3.33. The first-order valence-electron chi connectivity index (χ1n) is 11.1. The zero-order valence-electron chi connectivity index (χ0n) is 18.5. The van der Waals surface area contributed by atoms with Crippen molar-refractivity contribution >= 4 is 34.1 Å². The molecule has 0 atom stereocenters. The van der Waals surface area contributed by atoms with Gasteiger partial charge < -0.3 is 19.6 Å². The molecule has 0 bridgehead atoms. The summed E-state index contributed by atoms with van der Waals surface area (Å²) in [6.07, 6.45) is 3.44. The number of azo groups is 1. The topological polar surface area (TPSA) is 133 Å². The fourth-order valence-corrected chi connectivity index (χ4v) is 4.21. The van der Waals surface area contributed by atoms with Crippen molar-refractivity contribution in [2.45, 2.75) is 0 Å². The third-order valence-electron chi connectivity index (χ3n) is 5.84. The highest BCUT2D eigenvalue weighted by Crippen LogP contribution is 2.31. The van der Waals surface area contributed by atoms with E-state index in [1.165, 1.54) is 0 Å². The zero-order chi connectivity index (χ0) is 23.8. The molecule has 174 valence electrons. The molecular weight excluding hydrogens is 448 g/mol. The number of amides is 1. The number of anilines is 1. The SMILES string of the molecule is O=C(N=Nc1ccccc1)c1nc2c(N3CCOCC3)nccn2c1-c1ccc2[nH]c(=O)[nH]c2c1. The molecule has 0 radical (unpaired) electrons. The molecule has 0 aliphatic carbocycles. The molecule has 1 amide bonds. The average Bonchev–Trinajstić information content (AvgIpc) is 3.47. The quantitative estimate of drug-likeness (QED) is 0.389. The van der Waals surface area contributed by atoms with E-state index in [-0.39, 0.29) is 11.4 Å². The van der Waals surface area contributed by atoms with E-state index in [9.17, 15) is 9.59 Å². The van der Waals surface area contributed by atoms with Gasteiger partial charge in [0.15, 0.2) is 17.2 Å². The third kappa shape index (κ3) is 3.87. The first kappa shape index (κ1) is 20.9. The van der Waals surface area contributed by atoms with Gasteiger partial charge in [0.1, 0.15) is 0 Å². The number of benzene rings is 2. The number of ether oxygens (including phenoxy) is 1. The number of H-pyrrole nitrogens is 2. The summed E-state index contributed by atoms with van der Waals surface area (Å²) in [7, 11) is 0. The normalized spacial score (nSPS) is 14.3. The van der Waals surface area contributed by atoms with Crippen molar-refractivity contribution in [2.75, 3.05) is 31.2 Å². The Kier molecular flexibility index (Phi) is 5.15. The summed E-state index contributed by atoms with van der Waals surface area (Å²) >= 11 is 0. The second-order valence-corrected chi connectivity index (χ2v) is 8.03. The van der Waals surface area contributed by atoms with Gasteiger partial charge in [0.25, 0.3) is 0 Å². The van der Waals surface area contributed by atoms with Crippen LogP contribution < -0.4 is 10.6 Å². The van der Waals surface area contributed by atoms with Crippen LogP contribution >= 0.6 is 0 Å². The second kappa shape index (κ2) is 8.61. The summed E-state index contributed by atoms with van der Waals surface area (Å²) in [6, 6.07) is 14.4. The lowest BCUT2D eigenvalue weighted by molar-refractivity contribution is 0.0991. The number of aromatic nitrogens is 5. The van der Waals surface area contributed by atoms with Crippen LogP contribution in [0.2, 0.25) is 0 Å². The number of hydrogen-bond donors (Lipinski definition) is 2. The molecule has 1 aliphatic heterocycles. The first-order valence-corrected chi connectivity index (χ1v) is 11.1. The van der Waals surface area contributed by atoms with Crippen LogP contribution in [0.25, 0.3) is 27.9 Å². The summed E-state index contributed by atoms with van der Waals surface area (Å²) < 4.78 is 7.30. The predicted molar refractivity (Wildman–Crippen MR) is 129 cm³/mol. The van der Waals surface area contributed by atoms with Gasteiger partial charge in [0, 0.05) is 31.0 Å². The maximum atomic E-state index is 13.3. The minimum Gasteiger partial charge on any atom is -0.378 e. The van der Waals surface area contributed by atoms with Gasteiger partial charge in [-0.25, -0.2) is 14.8 Å². The third-order valence-corrected chi connectivity index (χ3v) is 5.84. The van der Waals surface area contributed by atoms with Crippen molar-refractivity contribution in [3.63, 3.8) is 0 Å². The molecule has 1 aliphatic rings. The van der Waals surface area contributed by atoms with Crippen LogP contribution in [0.5, 0.6) is 0 Å². The molecule has 11 nitrogen and oxygen atoms in total. The van der Waals surface area contributed by atoms with Gasteiger partial charge in [0.05, 0.1) is 35.6 Å². The molecule has 0 saturated carbocycles. The summed E-state index contributed by atoms with van der Waals surface area (Å²) in [4.78, 5) is 41.9. The van der Waals surface area contributed by atoms with E-state index < -0.39 is 5.91 Å². The smallest absolute Gasteiger partial charge is 0.323 e. The van der Waals surface area contributed by atoms with E-state index in [1.54, 1.807) is 36.7 Å². The molecule has 35 heavy (non-hydrogen) atoms. The number of nitrogens with zero attached hydrogens (tertiary/aromatic N) is 6. The second-order valence-electron chi connectivity index (χ2n) is 8.03. The van der Waals surface area contributed by atoms with Crippen LogP contribution in [0.3, 0.4) is 0 Å². The number of carbonyl (C=O) groups excluding carboxylic acids is 1. The molecule has 2 N–H and O–H groups in total. The molecule has 4 heterocycles. The number of aromatic amines is 2. The summed E-state index contributed by atoms with van der Waals surface area (Å²) in [5, 5.41) is 8.03. The summed E-state index contributed by atoms with van der Waals surface area (Å²) in [5.41, 5.74) is 3.45. The van der Waals surface area contributed by atoms with Crippen LogP contribution in [0.4, 0.5) is 11.5 Å².